The molecule has 0 saturated carbocycles. The smallest absolute Gasteiger partial charge is 0.330 e. The fourth-order valence-electron chi connectivity index (χ4n) is 2.71. The second kappa shape index (κ2) is 8.99. The number of nitrogens with two attached hydrogens (primary N) is 1. The molecule has 4 N–H and O–H groups in total. The minimum atomic E-state index is -3.11. The molecule has 11 heteroatoms. The Morgan fingerprint density at radius 3 is 2.57 bits per heavy atom. The van der Waals surface area contributed by atoms with Crippen molar-refractivity contribution in [2.75, 3.05) is 10.5 Å². The van der Waals surface area contributed by atoms with Gasteiger partial charge in [0.15, 0.2) is 23.1 Å². The standard InChI is InChI=1S/C19H17F3N4O3S/c1-10(11-2-5-13(20)6-3-11)29-16-8-12(17-14(9-27)18(23)25-24-17)4-7-15(16)26-30(28)19(21)22/h2-10,19,26H,1H3,(H3,23,24,25)/t10-,30?/m0/s1. The molecule has 0 radical (unpaired) electrons. The molecule has 158 valence electrons. The number of halogens is 3. The summed E-state index contributed by atoms with van der Waals surface area (Å²) in [6, 6.07) is 9.92. The van der Waals surface area contributed by atoms with Gasteiger partial charge in [-0.25, -0.2) is 8.60 Å². The van der Waals surface area contributed by atoms with E-state index in [0.29, 0.717) is 23.1 Å². The van der Waals surface area contributed by atoms with Crippen LogP contribution in [0.4, 0.5) is 24.7 Å². The summed E-state index contributed by atoms with van der Waals surface area (Å²) >= 11 is 0. The van der Waals surface area contributed by atoms with Gasteiger partial charge in [0, 0.05) is 5.56 Å². The van der Waals surface area contributed by atoms with E-state index in [4.69, 9.17) is 10.5 Å². The number of carbonyl (C=O) groups is 1. The molecule has 0 amide bonds. The van der Waals surface area contributed by atoms with Crippen LogP contribution >= 0.6 is 0 Å². The maximum absolute atomic E-state index is 13.2. The Kier molecular flexibility index (Phi) is 6.40. The van der Waals surface area contributed by atoms with Gasteiger partial charge in [-0.15, -0.1) is 0 Å². The first-order chi connectivity index (χ1) is 14.3. The van der Waals surface area contributed by atoms with Crippen LogP contribution in [-0.4, -0.2) is 26.4 Å². The first-order valence-corrected chi connectivity index (χ1v) is 9.82. The lowest BCUT2D eigenvalue weighted by molar-refractivity contribution is 0.112. The molecule has 3 aromatic rings. The molecular formula is C19H17F3N4O3S. The van der Waals surface area contributed by atoms with E-state index < -0.39 is 28.7 Å². The van der Waals surface area contributed by atoms with E-state index >= 15 is 0 Å². The lowest BCUT2D eigenvalue weighted by Crippen LogP contribution is -2.14. The fraction of sp³-hybridized carbons (Fsp3) is 0.158. The minimum absolute atomic E-state index is 0.00292. The zero-order chi connectivity index (χ0) is 21.8. The summed E-state index contributed by atoms with van der Waals surface area (Å²) in [6.07, 6.45) is -0.0628. The van der Waals surface area contributed by atoms with Gasteiger partial charge in [0.25, 0.3) is 0 Å². The van der Waals surface area contributed by atoms with Crippen molar-refractivity contribution in [3.63, 3.8) is 0 Å². The predicted octanol–water partition coefficient (Wildman–Crippen LogP) is 4.05. The number of hydrogen-bond acceptors (Lipinski definition) is 5. The monoisotopic (exact) mass is 438 g/mol. The zero-order valence-electron chi connectivity index (χ0n) is 15.6. The van der Waals surface area contributed by atoms with Gasteiger partial charge in [0.1, 0.15) is 17.7 Å². The number of H-pyrrole nitrogens is 1. The van der Waals surface area contributed by atoms with Crippen LogP contribution in [0.3, 0.4) is 0 Å². The third-order valence-electron chi connectivity index (χ3n) is 4.24. The Morgan fingerprint density at radius 2 is 1.93 bits per heavy atom. The van der Waals surface area contributed by atoms with Crippen LogP contribution in [0.25, 0.3) is 11.3 Å². The quantitative estimate of drug-likeness (QED) is 0.460. The van der Waals surface area contributed by atoms with Crippen LogP contribution in [0, 0.1) is 5.82 Å². The van der Waals surface area contributed by atoms with Crippen molar-refractivity contribution in [3.05, 3.63) is 59.4 Å². The highest BCUT2D eigenvalue weighted by atomic mass is 32.2. The first-order valence-electron chi connectivity index (χ1n) is 8.61. The third-order valence-corrected chi connectivity index (χ3v) is 4.98. The van der Waals surface area contributed by atoms with Gasteiger partial charge in [-0.05, 0) is 36.8 Å². The maximum atomic E-state index is 13.2. The van der Waals surface area contributed by atoms with Gasteiger partial charge >= 0.3 is 5.76 Å². The molecule has 1 heterocycles. The molecule has 3 rings (SSSR count). The van der Waals surface area contributed by atoms with E-state index in [1.54, 1.807) is 6.92 Å². The van der Waals surface area contributed by atoms with Crippen molar-refractivity contribution in [3.8, 4) is 17.0 Å². The summed E-state index contributed by atoms with van der Waals surface area (Å²) in [5, 5.41) is 6.42. The Hall–Kier alpha value is -3.34. The lowest BCUT2D eigenvalue weighted by atomic mass is 10.1. The van der Waals surface area contributed by atoms with Crippen molar-refractivity contribution in [2.24, 2.45) is 0 Å². The highest BCUT2D eigenvalue weighted by Crippen LogP contribution is 2.35. The number of anilines is 2. The number of ether oxygens (including phenoxy) is 1. The molecular weight excluding hydrogens is 421 g/mol. The molecule has 0 aliphatic carbocycles. The molecule has 0 saturated heterocycles. The third kappa shape index (κ3) is 4.62. The van der Waals surface area contributed by atoms with E-state index in [1.165, 1.54) is 42.5 Å². The molecule has 30 heavy (non-hydrogen) atoms. The fourth-order valence-corrected chi connectivity index (χ4v) is 3.18. The van der Waals surface area contributed by atoms with Gasteiger partial charge in [-0.1, -0.05) is 18.2 Å². The molecule has 1 unspecified atom stereocenters. The summed E-state index contributed by atoms with van der Waals surface area (Å²) in [7, 11) is -2.66. The number of aromatic amines is 1. The van der Waals surface area contributed by atoms with Crippen LogP contribution in [-0.2, 0) is 11.0 Å². The number of rotatable bonds is 8. The normalized spacial score (nSPS) is 13.1. The van der Waals surface area contributed by atoms with Crippen LogP contribution in [0.15, 0.2) is 42.5 Å². The molecule has 7 nitrogen and oxygen atoms in total. The van der Waals surface area contributed by atoms with Crippen molar-refractivity contribution in [1.82, 2.24) is 10.2 Å². The Bertz CT molecular complexity index is 1070. The van der Waals surface area contributed by atoms with E-state index in [2.05, 4.69) is 14.9 Å². The Morgan fingerprint density at radius 1 is 1.23 bits per heavy atom. The van der Waals surface area contributed by atoms with Crippen molar-refractivity contribution in [2.45, 2.75) is 18.8 Å². The van der Waals surface area contributed by atoms with Crippen molar-refractivity contribution >= 4 is 28.8 Å². The molecule has 2 aromatic carbocycles. The summed E-state index contributed by atoms with van der Waals surface area (Å²) in [4.78, 5) is 11.3. The molecule has 0 fully saturated rings. The van der Waals surface area contributed by atoms with Gasteiger partial charge in [0.2, 0.25) is 0 Å². The summed E-state index contributed by atoms with van der Waals surface area (Å²) in [5.41, 5.74) is 7.21. The lowest BCUT2D eigenvalue weighted by Gasteiger charge is -2.19. The average Bonchev–Trinajstić information content (AvgIpc) is 3.10. The highest BCUT2D eigenvalue weighted by molar-refractivity contribution is 7.86. The van der Waals surface area contributed by atoms with Crippen LogP contribution < -0.4 is 15.2 Å². The van der Waals surface area contributed by atoms with Gasteiger partial charge in [-0.2, -0.15) is 13.9 Å². The molecule has 0 spiro atoms. The van der Waals surface area contributed by atoms with E-state index in [9.17, 15) is 22.2 Å². The Balaban J connectivity index is 2.00. The number of benzene rings is 2. The van der Waals surface area contributed by atoms with Crippen LogP contribution in [0.1, 0.15) is 28.9 Å². The summed E-state index contributed by atoms with van der Waals surface area (Å²) < 4.78 is 58.3. The summed E-state index contributed by atoms with van der Waals surface area (Å²) in [6.45, 7) is 1.68. The molecule has 2 atom stereocenters. The Labute approximate surface area is 172 Å². The SMILES string of the molecule is C[C@H](Oc1cc(-c2[nH]nc(N)c2C=O)ccc1NS(=O)C(F)F)c1ccc(F)cc1. The topological polar surface area (TPSA) is 110 Å². The number of aromatic nitrogens is 2. The van der Waals surface area contributed by atoms with Crippen LogP contribution in [0.2, 0.25) is 0 Å². The van der Waals surface area contributed by atoms with Gasteiger partial charge in [0.05, 0.1) is 16.9 Å². The number of aldehydes is 1. The second-order valence-corrected chi connectivity index (χ2v) is 7.35. The number of nitrogens with zero attached hydrogens (tertiary/aromatic N) is 1. The largest absolute Gasteiger partial charge is 0.484 e. The van der Waals surface area contributed by atoms with E-state index in [-0.39, 0.29) is 22.8 Å². The minimum Gasteiger partial charge on any atom is -0.484 e. The molecule has 1 aromatic heterocycles. The zero-order valence-corrected chi connectivity index (χ0v) is 16.4. The van der Waals surface area contributed by atoms with Crippen LogP contribution in [0.5, 0.6) is 5.75 Å². The number of nitrogens with one attached hydrogen (secondary N) is 2. The average molecular weight is 438 g/mol. The van der Waals surface area contributed by atoms with Crippen molar-refractivity contribution in [1.29, 1.82) is 0 Å². The number of hydrogen-bond donors (Lipinski definition) is 3. The number of alkyl halides is 2. The van der Waals surface area contributed by atoms with E-state index in [0.717, 1.165) is 0 Å². The van der Waals surface area contributed by atoms with Gasteiger partial charge < -0.3 is 10.5 Å². The highest BCUT2D eigenvalue weighted by Gasteiger charge is 2.19. The summed E-state index contributed by atoms with van der Waals surface area (Å²) in [5.74, 6) is -3.44. The number of nitrogen functional groups attached to an aromatic ring is 1. The predicted molar refractivity (Wildman–Crippen MR) is 107 cm³/mol. The van der Waals surface area contributed by atoms with E-state index in [1.807, 2.05) is 0 Å². The molecule has 0 bridgehead atoms. The number of carbonyl (C=O) groups excluding carboxylic acids is 1. The van der Waals surface area contributed by atoms with Gasteiger partial charge in [-0.3, -0.25) is 14.6 Å². The first kappa shape index (κ1) is 21.4. The van der Waals surface area contributed by atoms with Crippen molar-refractivity contribution < 1.29 is 26.9 Å². The second-order valence-electron chi connectivity index (χ2n) is 6.20. The molecule has 0 aliphatic rings. The maximum Gasteiger partial charge on any atom is 0.330 e. The molecule has 0 aliphatic heterocycles.